The van der Waals surface area contributed by atoms with Crippen molar-refractivity contribution >= 4 is 34.0 Å². The number of amides is 2. The summed E-state index contributed by atoms with van der Waals surface area (Å²) in [5, 5.41) is 23.0. The molecule has 2 heterocycles. The van der Waals surface area contributed by atoms with Gasteiger partial charge in [0.05, 0.1) is 10.6 Å². The molecule has 0 aliphatic carbocycles. The van der Waals surface area contributed by atoms with Crippen molar-refractivity contribution in [1.82, 2.24) is 20.1 Å². The van der Waals surface area contributed by atoms with Gasteiger partial charge in [-0.05, 0) is 32.3 Å². The highest BCUT2D eigenvalue weighted by Gasteiger charge is 2.23. The van der Waals surface area contributed by atoms with E-state index in [0.29, 0.717) is 17.4 Å². The zero-order valence-electron chi connectivity index (χ0n) is 18.0. The second kappa shape index (κ2) is 10.1. The zero-order valence-corrected chi connectivity index (χ0v) is 18.9. The first-order valence-corrected chi connectivity index (χ1v) is 10.9. The van der Waals surface area contributed by atoms with Crippen LogP contribution in [0.3, 0.4) is 0 Å². The van der Waals surface area contributed by atoms with Gasteiger partial charge in [-0.3, -0.25) is 24.4 Å². The maximum Gasteiger partial charge on any atom is 0.312 e. The number of thiazole rings is 1. The fourth-order valence-corrected chi connectivity index (χ4v) is 4.00. The number of aryl methyl sites for hydroxylation is 2. The van der Waals surface area contributed by atoms with Crippen LogP contribution in [0.4, 0.5) is 10.8 Å². The van der Waals surface area contributed by atoms with Crippen molar-refractivity contribution in [3.05, 3.63) is 56.7 Å². The van der Waals surface area contributed by atoms with Crippen LogP contribution in [-0.2, 0) is 22.6 Å². The van der Waals surface area contributed by atoms with Crippen molar-refractivity contribution in [2.75, 3.05) is 11.9 Å². The summed E-state index contributed by atoms with van der Waals surface area (Å²) in [6.07, 6.45) is 1.73. The van der Waals surface area contributed by atoms with Crippen LogP contribution in [0.15, 0.2) is 29.6 Å². The van der Waals surface area contributed by atoms with E-state index in [0.717, 1.165) is 24.1 Å². The molecular weight excluding hydrogens is 432 g/mol. The summed E-state index contributed by atoms with van der Waals surface area (Å²) in [7, 11) is 0. The Morgan fingerprint density at radius 2 is 1.94 bits per heavy atom. The molecule has 1 aromatic carbocycles. The van der Waals surface area contributed by atoms with Gasteiger partial charge in [-0.15, -0.1) is 11.3 Å². The van der Waals surface area contributed by atoms with Crippen LogP contribution in [-0.4, -0.2) is 38.0 Å². The van der Waals surface area contributed by atoms with Crippen molar-refractivity contribution in [3.8, 4) is 11.3 Å². The molecule has 3 aromatic rings. The molecule has 0 fully saturated rings. The summed E-state index contributed by atoms with van der Waals surface area (Å²) in [6.45, 7) is 5.13. The largest absolute Gasteiger partial charge is 0.356 e. The molecule has 0 spiro atoms. The minimum absolute atomic E-state index is 0.0250. The number of rotatable bonds is 9. The predicted molar refractivity (Wildman–Crippen MR) is 122 cm³/mol. The number of aromatic nitrogens is 3. The van der Waals surface area contributed by atoms with E-state index in [4.69, 9.17) is 0 Å². The minimum atomic E-state index is -0.493. The van der Waals surface area contributed by atoms with Gasteiger partial charge in [0.1, 0.15) is 17.9 Å². The van der Waals surface area contributed by atoms with E-state index in [9.17, 15) is 19.7 Å². The first-order chi connectivity index (χ1) is 15.2. The fourth-order valence-electron chi connectivity index (χ4n) is 3.26. The van der Waals surface area contributed by atoms with Gasteiger partial charge in [-0.2, -0.15) is 5.10 Å². The second-order valence-electron chi connectivity index (χ2n) is 7.30. The number of hydrogen-bond donors (Lipinski definition) is 2. The van der Waals surface area contributed by atoms with Crippen LogP contribution >= 0.6 is 11.3 Å². The van der Waals surface area contributed by atoms with E-state index in [-0.39, 0.29) is 29.7 Å². The first kappa shape index (κ1) is 23.1. The second-order valence-corrected chi connectivity index (χ2v) is 8.16. The van der Waals surface area contributed by atoms with Crippen molar-refractivity contribution in [2.24, 2.45) is 0 Å². The lowest BCUT2D eigenvalue weighted by molar-refractivity contribution is -0.386. The Balaban J connectivity index is 1.58. The lowest BCUT2D eigenvalue weighted by Gasteiger charge is -2.04. The monoisotopic (exact) mass is 456 g/mol. The molecule has 0 aliphatic rings. The first-order valence-electron chi connectivity index (χ1n) is 10.0. The van der Waals surface area contributed by atoms with Crippen LogP contribution in [0.1, 0.15) is 30.3 Å². The third-order valence-corrected chi connectivity index (χ3v) is 5.59. The Labute approximate surface area is 188 Å². The molecule has 0 bridgehead atoms. The van der Waals surface area contributed by atoms with Gasteiger partial charge in [0.25, 0.3) is 0 Å². The summed E-state index contributed by atoms with van der Waals surface area (Å²) >= 11 is 1.30. The van der Waals surface area contributed by atoms with Gasteiger partial charge in [-0.1, -0.05) is 24.3 Å². The Kier molecular flexibility index (Phi) is 7.31. The molecule has 10 nitrogen and oxygen atoms in total. The van der Waals surface area contributed by atoms with Gasteiger partial charge >= 0.3 is 5.69 Å². The van der Waals surface area contributed by atoms with Crippen LogP contribution in [0.2, 0.25) is 0 Å². The van der Waals surface area contributed by atoms with Crippen LogP contribution < -0.4 is 10.6 Å². The average molecular weight is 457 g/mol. The summed E-state index contributed by atoms with van der Waals surface area (Å²) < 4.78 is 1.32. The van der Waals surface area contributed by atoms with Crippen molar-refractivity contribution in [1.29, 1.82) is 0 Å². The number of hydrogen-bond acceptors (Lipinski definition) is 7. The fraction of sp³-hybridized carbons (Fsp3) is 0.333. The van der Waals surface area contributed by atoms with E-state index >= 15 is 0 Å². The van der Waals surface area contributed by atoms with E-state index in [1.165, 1.54) is 28.5 Å². The van der Waals surface area contributed by atoms with Gasteiger partial charge in [0, 0.05) is 24.4 Å². The molecule has 2 amide bonds. The van der Waals surface area contributed by atoms with Crippen molar-refractivity contribution < 1.29 is 14.5 Å². The Morgan fingerprint density at radius 1 is 1.22 bits per heavy atom. The molecule has 2 aromatic heterocycles. The highest BCUT2D eigenvalue weighted by molar-refractivity contribution is 7.14. The molecule has 0 aliphatic heterocycles. The number of nitrogens with zero attached hydrogens (tertiary/aromatic N) is 4. The van der Waals surface area contributed by atoms with E-state index < -0.39 is 4.92 Å². The summed E-state index contributed by atoms with van der Waals surface area (Å²) in [5.41, 5.74) is 3.38. The Morgan fingerprint density at radius 3 is 2.56 bits per heavy atom. The van der Waals surface area contributed by atoms with E-state index in [1.807, 2.05) is 29.6 Å². The SMILES string of the molecule is CC(=O)NCCCc1ccc(-c2csc(NC(=O)Cn3nc(C)c([N+](=O)[O-])c3C)n2)cc1. The van der Waals surface area contributed by atoms with Crippen molar-refractivity contribution in [3.63, 3.8) is 0 Å². The lowest BCUT2D eigenvalue weighted by Crippen LogP contribution is -2.21. The normalized spacial score (nSPS) is 10.7. The molecule has 0 saturated heterocycles. The molecule has 0 radical (unpaired) electrons. The number of anilines is 1. The molecule has 168 valence electrons. The zero-order chi connectivity index (χ0) is 23.3. The average Bonchev–Trinajstić information content (AvgIpc) is 3.29. The van der Waals surface area contributed by atoms with Gasteiger partial charge in [-0.25, -0.2) is 4.98 Å². The maximum absolute atomic E-state index is 12.4. The summed E-state index contributed by atoms with van der Waals surface area (Å²) in [6, 6.07) is 8.00. The number of carbonyl (C=O) groups is 2. The maximum atomic E-state index is 12.4. The number of nitrogens with one attached hydrogen (secondary N) is 2. The molecule has 3 rings (SSSR count). The smallest absolute Gasteiger partial charge is 0.312 e. The summed E-state index contributed by atoms with van der Waals surface area (Å²) in [5.74, 6) is -0.385. The van der Waals surface area contributed by atoms with Crippen LogP contribution in [0, 0.1) is 24.0 Å². The molecular formula is C21H24N6O4S. The topological polar surface area (TPSA) is 132 Å². The lowest BCUT2D eigenvalue weighted by atomic mass is 10.1. The quantitative estimate of drug-likeness (QED) is 0.289. The van der Waals surface area contributed by atoms with Crippen LogP contribution in [0.5, 0.6) is 0 Å². The van der Waals surface area contributed by atoms with Crippen molar-refractivity contribution in [2.45, 2.75) is 40.2 Å². The molecule has 2 N–H and O–H groups in total. The van der Waals surface area contributed by atoms with E-state index in [2.05, 4.69) is 20.7 Å². The van der Waals surface area contributed by atoms with E-state index in [1.54, 1.807) is 13.8 Å². The third-order valence-electron chi connectivity index (χ3n) is 4.84. The summed E-state index contributed by atoms with van der Waals surface area (Å²) in [4.78, 5) is 38.4. The predicted octanol–water partition coefficient (Wildman–Crippen LogP) is 3.24. The molecule has 32 heavy (non-hydrogen) atoms. The highest BCUT2D eigenvalue weighted by Crippen LogP contribution is 2.26. The molecule has 0 atom stereocenters. The van der Waals surface area contributed by atoms with Gasteiger partial charge in [0.2, 0.25) is 11.8 Å². The Hall–Kier alpha value is -3.60. The molecule has 11 heteroatoms. The number of carbonyl (C=O) groups excluding carboxylic acids is 2. The standard InChI is InChI=1S/C21H24N6O4S/c1-13-20(27(30)31)14(2)26(25-13)11-19(29)24-21-23-18(12-32-21)17-8-6-16(7-9-17)5-4-10-22-15(3)28/h6-9,12H,4-5,10-11H2,1-3H3,(H,22,28)(H,23,24,29). The number of benzene rings is 1. The van der Waals surface area contributed by atoms with Gasteiger partial charge < -0.3 is 10.6 Å². The third kappa shape index (κ3) is 5.76. The highest BCUT2D eigenvalue weighted by atomic mass is 32.1. The Bertz CT molecular complexity index is 1140. The van der Waals surface area contributed by atoms with Crippen LogP contribution in [0.25, 0.3) is 11.3 Å². The van der Waals surface area contributed by atoms with Gasteiger partial charge in [0.15, 0.2) is 5.13 Å². The minimum Gasteiger partial charge on any atom is -0.356 e. The number of nitro groups is 1. The molecule has 0 unspecified atom stereocenters. The molecule has 0 saturated carbocycles.